The first-order valence-electron chi connectivity index (χ1n) is 5.36. The molecule has 0 spiro atoms. The molecule has 1 nitrogen and oxygen atoms in total. The first-order chi connectivity index (χ1) is 6.24. The van der Waals surface area contributed by atoms with Crippen molar-refractivity contribution in [3.8, 4) is 6.07 Å². The molecule has 12 heavy (non-hydrogen) atoms. The van der Waals surface area contributed by atoms with E-state index in [-0.39, 0.29) is 11.3 Å². The summed E-state index contributed by atoms with van der Waals surface area (Å²) in [4.78, 5) is 0. The van der Waals surface area contributed by atoms with Crippen LogP contribution in [-0.2, 0) is 0 Å². The van der Waals surface area contributed by atoms with Crippen molar-refractivity contribution in [3.63, 3.8) is 0 Å². The van der Waals surface area contributed by atoms with E-state index in [1.165, 1.54) is 6.08 Å². The van der Waals surface area contributed by atoms with E-state index in [9.17, 15) is 0 Å². The van der Waals surface area contributed by atoms with Gasteiger partial charge in [0.15, 0.2) is 0 Å². The summed E-state index contributed by atoms with van der Waals surface area (Å²) in [7, 11) is 0. The minimum absolute atomic E-state index is 0.0731. The minimum atomic E-state index is -1.30. The Kier molecular flexibility index (Phi) is 1.85. The lowest BCUT2D eigenvalue weighted by molar-refractivity contribution is 0.220. The molecular formula is C11H17N. The van der Waals surface area contributed by atoms with Crippen molar-refractivity contribution in [1.29, 1.82) is 5.26 Å². The van der Waals surface area contributed by atoms with Crippen LogP contribution in [0.4, 0.5) is 0 Å². The number of nitriles is 1. The number of allylic oxidation sites excluding steroid dienone is 2. The summed E-state index contributed by atoms with van der Waals surface area (Å²) in [5.74, 6) is 0.261. The van der Waals surface area contributed by atoms with Gasteiger partial charge in [0, 0.05) is 8.31 Å². The van der Waals surface area contributed by atoms with Gasteiger partial charge in [-0.25, -0.2) is 0 Å². The maximum Gasteiger partial charge on any atom is 0.0943 e. The van der Waals surface area contributed by atoms with Gasteiger partial charge in [0.25, 0.3) is 0 Å². The first kappa shape index (κ1) is 6.71. The highest BCUT2D eigenvalue weighted by atomic mass is 14.3. The summed E-state index contributed by atoms with van der Waals surface area (Å²) in [5, 5.41) is 8.82. The molecule has 1 rings (SSSR count). The topological polar surface area (TPSA) is 23.8 Å². The zero-order valence-electron chi connectivity index (χ0n) is 10.0. The Morgan fingerprint density at radius 3 is 2.83 bits per heavy atom. The summed E-state index contributed by atoms with van der Waals surface area (Å²) in [6.45, 7) is 6.32. The summed E-state index contributed by atoms with van der Waals surface area (Å²) in [5.41, 5.74) is 0.671. The first-order valence-corrected chi connectivity index (χ1v) is 4.36. The molecule has 1 unspecified atom stereocenters. The van der Waals surface area contributed by atoms with Crippen molar-refractivity contribution < 1.29 is 2.74 Å². The Labute approximate surface area is 77.9 Å². The summed E-state index contributed by atoms with van der Waals surface area (Å²) < 4.78 is 15.4. The van der Waals surface area contributed by atoms with Crippen LogP contribution in [-0.4, -0.2) is 0 Å². The average Bonchev–Trinajstić information content (AvgIpc) is 1.99. The molecule has 0 saturated carbocycles. The zero-order chi connectivity index (χ0) is 11.0. The number of hydrogen-bond acceptors (Lipinski definition) is 1. The highest BCUT2D eigenvalue weighted by molar-refractivity contribution is 5.23. The summed E-state index contributed by atoms with van der Waals surface area (Å²) >= 11 is 0. The monoisotopic (exact) mass is 165 g/mol. The van der Waals surface area contributed by atoms with E-state index in [4.69, 9.17) is 8.00 Å². The lowest BCUT2D eigenvalue weighted by Crippen LogP contribution is -2.22. The lowest BCUT2D eigenvalue weighted by Gasteiger charge is -2.32. The van der Waals surface area contributed by atoms with Gasteiger partial charge in [-0.1, -0.05) is 26.8 Å². The van der Waals surface area contributed by atoms with Crippen molar-refractivity contribution in [1.82, 2.24) is 0 Å². The molecule has 0 aromatic heterocycles. The molecule has 0 fully saturated rings. The Bertz CT molecular complexity index is 291. The van der Waals surface area contributed by atoms with Crippen LogP contribution >= 0.6 is 0 Å². The molecular weight excluding hydrogens is 146 g/mol. The van der Waals surface area contributed by atoms with Gasteiger partial charge >= 0.3 is 0 Å². The van der Waals surface area contributed by atoms with Crippen LogP contribution < -0.4 is 0 Å². The molecule has 1 heteroatoms. The molecule has 66 valence electrons. The van der Waals surface area contributed by atoms with Gasteiger partial charge in [-0.05, 0) is 30.5 Å². The molecule has 0 aliphatic heterocycles. The van der Waals surface area contributed by atoms with Crippen LogP contribution in [0, 0.1) is 22.7 Å². The third-order valence-corrected chi connectivity index (χ3v) is 2.48. The molecule has 1 aliphatic rings. The van der Waals surface area contributed by atoms with Gasteiger partial charge < -0.3 is 0 Å². The quantitative estimate of drug-likeness (QED) is 0.540. The zero-order valence-corrected chi connectivity index (χ0v) is 8.02. The lowest BCUT2D eigenvalue weighted by atomic mass is 9.72. The largest absolute Gasteiger partial charge is 0.193 e. The molecule has 0 aromatic carbocycles. The highest BCUT2D eigenvalue weighted by Crippen LogP contribution is 2.37. The van der Waals surface area contributed by atoms with Gasteiger partial charge in [-0.15, -0.1) is 0 Å². The number of nitrogens with zero attached hydrogens (tertiary/aromatic N) is 1. The number of rotatable bonds is 0. The van der Waals surface area contributed by atoms with Crippen LogP contribution in [0.5, 0.6) is 0 Å². The molecule has 0 radical (unpaired) electrons. The second-order valence-corrected chi connectivity index (χ2v) is 4.46. The SMILES string of the molecule is [2H]C1([2H])C=C(C#N)CC(C(C)(C)C)C1. The van der Waals surface area contributed by atoms with Crippen molar-refractivity contribution >= 4 is 0 Å². The van der Waals surface area contributed by atoms with Crippen molar-refractivity contribution in [3.05, 3.63) is 11.6 Å². The predicted octanol–water partition coefficient (Wildman–Crippen LogP) is 3.28. The summed E-state index contributed by atoms with van der Waals surface area (Å²) in [6.07, 6.45) is 1.43. The smallest absolute Gasteiger partial charge is 0.0943 e. The molecule has 0 heterocycles. The van der Waals surface area contributed by atoms with E-state index >= 15 is 0 Å². The molecule has 1 aliphatic carbocycles. The van der Waals surface area contributed by atoms with E-state index in [0.717, 1.165) is 6.42 Å². The van der Waals surface area contributed by atoms with E-state index < -0.39 is 6.37 Å². The van der Waals surface area contributed by atoms with E-state index in [0.29, 0.717) is 12.0 Å². The van der Waals surface area contributed by atoms with Gasteiger partial charge in [0.1, 0.15) is 0 Å². The summed E-state index contributed by atoms with van der Waals surface area (Å²) in [6, 6.07) is 2.08. The predicted molar refractivity (Wildman–Crippen MR) is 50.5 cm³/mol. The molecule has 0 saturated heterocycles. The van der Waals surface area contributed by atoms with Gasteiger partial charge in [-0.3, -0.25) is 0 Å². The maximum atomic E-state index is 8.82. The number of hydrogen-bond donors (Lipinski definition) is 0. The van der Waals surface area contributed by atoms with Crippen LogP contribution in [0.3, 0.4) is 0 Å². The van der Waals surface area contributed by atoms with E-state index in [1.807, 2.05) is 0 Å². The van der Waals surface area contributed by atoms with Crippen molar-refractivity contribution in [2.75, 3.05) is 0 Å². The van der Waals surface area contributed by atoms with E-state index in [2.05, 4.69) is 26.8 Å². The standard InChI is InChI=1S/C11H17N/c1-11(2,3)10-6-4-5-9(7-10)8-12/h5,10H,4,6-7H2,1-3H3/i4D2. The van der Waals surface area contributed by atoms with E-state index in [1.54, 1.807) is 0 Å². The third kappa shape index (κ3) is 2.11. The van der Waals surface area contributed by atoms with Gasteiger partial charge in [0.2, 0.25) is 0 Å². The molecule has 0 N–H and O–H groups in total. The fourth-order valence-corrected chi connectivity index (χ4v) is 1.41. The third-order valence-electron chi connectivity index (χ3n) is 2.48. The van der Waals surface area contributed by atoms with Gasteiger partial charge in [-0.2, -0.15) is 5.26 Å². The van der Waals surface area contributed by atoms with Crippen molar-refractivity contribution in [2.24, 2.45) is 11.3 Å². The molecule has 0 bridgehead atoms. The maximum absolute atomic E-state index is 8.82. The molecule has 0 aromatic rings. The molecule has 0 amide bonds. The molecule has 1 atom stereocenters. The van der Waals surface area contributed by atoms with Gasteiger partial charge in [0.05, 0.1) is 6.07 Å². The van der Waals surface area contributed by atoms with Crippen LogP contribution in [0.1, 0.15) is 42.7 Å². The van der Waals surface area contributed by atoms with Crippen LogP contribution in [0.2, 0.25) is 0 Å². The second-order valence-electron chi connectivity index (χ2n) is 4.46. The normalized spacial score (nSPS) is 31.2. The van der Waals surface area contributed by atoms with Crippen molar-refractivity contribution in [2.45, 2.75) is 40.0 Å². The Morgan fingerprint density at radius 1 is 1.67 bits per heavy atom. The van der Waals surface area contributed by atoms with Crippen LogP contribution in [0.25, 0.3) is 0 Å². The average molecular weight is 165 g/mol. The fourth-order valence-electron chi connectivity index (χ4n) is 1.41. The Balaban J connectivity index is 2.92. The minimum Gasteiger partial charge on any atom is -0.193 e. The highest BCUT2D eigenvalue weighted by Gasteiger charge is 2.26. The Hall–Kier alpha value is -0.770. The second kappa shape index (κ2) is 3.31. The fraction of sp³-hybridized carbons (Fsp3) is 0.727. The van der Waals surface area contributed by atoms with Crippen LogP contribution in [0.15, 0.2) is 11.6 Å². The Morgan fingerprint density at radius 2 is 2.33 bits per heavy atom.